The van der Waals surface area contributed by atoms with Crippen molar-refractivity contribution in [2.24, 2.45) is 0 Å². The number of urea groups is 2. The molecule has 0 aromatic heterocycles. The van der Waals surface area contributed by atoms with Crippen LogP contribution in [0.1, 0.15) is 101 Å². The van der Waals surface area contributed by atoms with Crippen molar-refractivity contribution in [2.75, 3.05) is 43.4 Å². The van der Waals surface area contributed by atoms with Crippen LogP contribution in [0.25, 0.3) is 0 Å². The zero-order valence-corrected chi connectivity index (χ0v) is 37.3. The molecule has 14 heteroatoms. The van der Waals surface area contributed by atoms with Crippen LogP contribution in [0, 0.1) is 0 Å². The zero-order chi connectivity index (χ0) is 44.5. The molecule has 2 atom stereocenters. The fourth-order valence-electron chi connectivity index (χ4n) is 8.97. The van der Waals surface area contributed by atoms with E-state index in [-0.39, 0.29) is 30.3 Å². The molecule has 0 aliphatic carbocycles. The van der Waals surface area contributed by atoms with Gasteiger partial charge in [-0.15, -0.1) is 0 Å². The molecule has 2 N–H and O–H groups in total. The number of nitrogens with zero attached hydrogens (tertiary/aromatic N) is 4. The summed E-state index contributed by atoms with van der Waals surface area (Å²) in [6.45, 7) is 11.9. The number of hydrogen-bond donors (Lipinski definition) is 2. The number of anilines is 2. The number of alkyl halides is 3. The van der Waals surface area contributed by atoms with Gasteiger partial charge in [-0.3, -0.25) is 0 Å². The number of nitrogens with one attached hydrogen (secondary N) is 2. The van der Waals surface area contributed by atoms with E-state index < -0.39 is 24.1 Å². The van der Waals surface area contributed by atoms with E-state index >= 15 is 0 Å². The minimum absolute atomic E-state index is 0.0776. The van der Waals surface area contributed by atoms with Crippen molar-refractivity contribution in [3.63, 3.8) is 0 Å². The Balaban J connectivity index is 1.02. The molecule has 0 radical (unpaired) electrons. The Morgan fingerprint density at radius 3 is 2.02 bits per heavy atom. The second-order valence-electron chi connectivity index (χ2n) is 17.1. The lowest BCUT2D eigenvalue weighted by atomic mass is 10.00. The lowest BCUT2D eigenvalue weighted by molar-refractivity contribution is -0.137. The molecular formula is C49H60ClF3N6O4. The molecule has 0 bridgehead atoms. The van der Waals surface area contributed by atoms with Gasteiger partial charge in [0.2, 0.25) is 0 Å². The Kier molecular flexibility index (Phi) is 15.4. The molecule has 3 aliphatic rings. The van der Waals surface area contributed by atoms with E-state index in [0.29, 0.717) is 40.4 Å². The number of benzene rings is 4. The largest absolute Gasteiger partial charge is 0.447 e. The second-order valence-corrected chi connectivity index (χ2v) is 17.5. The number of likely N-dealkylation sites (tertiary alicyclic amines) is 2. The Morgan fingerprint density at radius 2 is 1.38 bits per heavy atom. The summed E-state index contributed by atoms with van der Waals surface area (Å²) in [5.74, 6) is 0.985. The van der Waals surface area contributed by atoms with Crippen molar-refractivity contribution < 1.29 is 32.2 Å². The smallest absolute Gasteiger partial charge is 0.416 e. The average molecular weight is 890 g/mol. The summed E-state index contributed by atoms with van der Waals surface area (Å²) < 4.78 is 53.0. The fraction of sp³-hybridized carbons (Fsp3) is 0.469. The highest BCUT2D eigenvalue weighted by atomic mass is 35.5. The van der Waals surface area contributed by atoms with Crippen molar-refractivity contribution in [3.8, 4) is 11.5 Å². The highest BCUT2D eigenvalue weighted by Gasteiger charge is 2.34. The van der Waals surface area contributed by atoms with Crippen LogP contribution >= 0.6 is 11.6 Å². The first-order valence-electron chi connectivity index (χ1n) is 22.5. The molecule has 63 heavy (non-hydrogen) atoms. The van der Waals surface area contributed by atoms with Gasteiger partial charge in [0.15, 0.2) is 11.5 Å². The number of rotatable bonds is 15. The third-order valence-electron chi connectivity index (χ3n) is 12.6. The number of unbranched alkanes of at least 4 members (excludes halogenated alkanes) is 1. The number of piperidine rings is 2. The van der Waals surface area contributed by atoms with Crippen LogP contribution in [0.4, 0.5) is 34.1 Å². The minimum atomic E-state index is -4.53. The van der Waals surface area contributed by atoms with Gasteiger partial charge in [0.25, 0.3) is 6.29 Å². The van der Waals surface area contributed by atoms with E-state index in [9.17, 15) is 22.8 Å². The van der Waals surface area contributed by atoms with Crippen molar-refractivity contribution >= 4 is 35.0 Å². The molecule has 4 amide bonds. The number of fused-ring (bicyclic) bond motifs is 1. The zero-order valence-electron chi connectivity index (χ0n) is 36.5. The predicted molar refractivity (Wildman–Crippen MR) is 242 cm³/mol. The number of carbonyl (C=O) groups is 2. The van der Waals surface area contributed by atoms with Gasteiger partial charge in [0.1, 0.15) is 0 Å². The van der Waals surface area contributed by atoms with Crippen molar-refractivity contribution in [2.45, 2.75) is 116 Å². The normalized spacial score (nSPS) is 17.9. The quantitative estimate of drug-likeness (QED) is 0.124. The Morgan fingerprint density at radius 1 is 0.746 bits per heavy atom. The molecule has 10 nitrogen and oxygen atoms in total. The summed E-state index contributed by atoms with van der Waals surface area (Å²) in [6, 6.07) is 25.4. The maximum absolute atomic E-state index is 14.0. The van der Waals surface area contributed by atoms with E-state index in [2.05, 4.69) is 41.2 Å². The number of halogens is 4. The van der Waals surface area contributed by atoms with Crippen LogP contribution < -0.4 is 20.1 Å². The Labute approximate surface area is 374 Å². The van der Waals surface area contributed by atoms with Gasteiger partial charge in [-0.2, -0.15) is 13.2 Å². The summed E-state index contributed by atoms with van der Waals surface area (Å²) in [5.41, 5.74) is 2.22. The number of ether oxygens (including phenoxy) is 2. The van der Waals surface area contributed by atoms with Gasteiger partial charge in [-0.05, 0) is 112 Å². The minimum Gasteiger partial charge on any atom is -0.447 e. The highest BCUT2D eigenvalue weighted by Crippen LogP contribution is 2.43. The number of carbonyl (C=O) groups excluding carboxylic acids is 2. The second kappa shape index (κ2) is 21.1. The monoisotopic (exact) mass is 888 g/mol. The predicted octanol–water partition coefficient (Wildman–Crippen LogP) is 11.8. The average Bonchev–Trinajstić information content (AvgIpc) is 3.70. The first-order chi connectivity index (χ1) is 30.4. The van der Waals surface area contributed by atoms with E-state index in [1.165, 1.54) is 12.1 Å². The summed E-state index contributed by atoms with van der Waals surface area (Å²) >= 11 is 6.88. The summed E-state index contributed by atoms with van der Waals surface area (Å²) in [6.07, 6.45) is 2.40. The van der Waals surface area contributed by atoms with Crippen LogP contribution in [-0.4, -0.2) is 82.5 Å². The molecule has 0 spiro atoms. The molecular weight excluding hydrogens is 829 g/mol. The van der Waals surface area contributed by atoms with Crippen LogP contribution in [0.5, 0.6) is 11.5 Å². The van der Waals surface area contributed by atoms with Gasteiger partial charge in [-0.25, -0.2) is 9.59 Å². The molecule has 2 unspecified atom stereocenters. The lowest BCUT2D eigenvalue weighted by Gasteiger charge is -2.40. The third kappa shape index (κ3) is 12.0. The molecule has 4 aromatic rings. The van der Waals surface area contributed by atoms with Gasteiger partial charge < -0.3 is 39.7 Å². The Hall–Kier alpha value is -4.98. The molecule has 0 saturated carbocycles. The van der Waals surface area contributed by atoms with Gasteiger partial charge in [0.05, 0.1) is 16.1 Å². The standard InChI is InChI=1S/C49H60ClF3N6O4/c1-4-6-24-56-25-20-40(21-26-56)59(47(60)54-38-15-10-14-37(30-38)49(51,52)53)33-36-16-19-44-45(29-36)63-46(62-44)42-18-17-39(31-43(42)50)55-48(61)58(32-35-12-8-7-9-13-35)41-22-27-57(28-23-41)34(3)11-5-2/h7-10,12-19,29-31,34,40-41,46H,4-6,11,20-28,32-33H2,1-3H3,(H,54,60)(H,55,61). The van der Waals surface area contributed by atoms with Gasteiger partial charge in [0, 0.05) is 68.8 Å². The van der Waals surface area contributed by atoms with Crippen LogP contribution in [-0.2, 0) is 19.3 Å². The van der Waals surface area contributed by atoms with Crippen molar-refractivity contribution in [3.05, 3.63) is 118 Å². The van der Waals surface area contributed by atoms with Gasteiger partial charge >= 0.3 is 18.2 Å². The van der Waals surface area contributed by atoms with E-state index in [4.69, 9.17) is 21.1 Å². The first-order valence-corrected chi connectivity index (χ1v) is 22.8. The maximum Gasteiger partial charge on any atom is 0.416 e. The summed E-state index contributed by atoms with van der Waals surface area (Å²) in [5, 5.41) is 6.20. The first kappa shape index (κ1) is 46.0. The highest BCUT2D eigenvalue weighted by molar-refractivity contribution is 6.31. The fourth-order valence-corrected chi connectivity index (χ4v) is 9.24. The van der Waals surface area contributed by atoms with E-state index in [1.807, 2.05) is 47.4 Å². The number of amides is 4. The van der Waals surface area contributed by atoms with Crippen LogP contribution in [0.15, 0.2) is 91.0 Å². The SMILES string of the molecule is CCCCN1CCC(N(Cc2ccc3c(c2)OC(c2ccc(NC(=O)N(Cc4ccccc4)C4CCN(C(C)CCC)CC4)cc2Cl)O3)C(=O)Nc2cccc(C(F)(F)F)c2)CC1. The Bertz CT molecular complexity index is 2150. The summed E-state index contributed by atoms with van der Waals surface area (Å²) in [4.78, 5) is 36.5. The lowest BCUT2D eigenvalue weighted by Crippen LogP contribution is -2.50. The van der Waals surface area contributed by atoms with Crippen molar-refractivity contribution in [1.82, 2.24) is 19.6 Å². The van der Waals surface area contributed by atoms with E-state index in [0.717, 1.165) is 107 Å². The maximum atomic E-state index is 14.0. The third-order valence-corrected chi connectivity index (χ3v) is 12.9. The van der Waals surface area contributed by atoms with E-state index in [1.54, 1.807) is 29.2 Å². The molecule has 4 aromatic carbocycles. The molecule has 3 aliphatic heterocycles. The van der Waals surface area contributed by atoms with Crippen LogP contribution in [0.3, 0.4) is 0 Å². The van der Waals surface area contributed by atoms with Crippen molar-refractivity contribution in [1.29, 1.82) is 0 Å². The molecule has 7 rings (SSSR count). The summed E-state index contributed by atoms with van der Waals surface area (Å²) in [7, 11) is 0. The molecule has 2 fully saturated rings. The van der Waals surface area contributed by atoms with Gasteiger partial charge in [-0.1, -0.05) is 80.8 Å². The molecule has 338 valence electrons. The van der Waals surface area contributed by atoms with Crippen LogP contribution in [0.2, 0.25) is 5.02 Å². The topological polar surface area (TPSA) is 89.6 Å². The molecule has 3 heterocycles. The number of hydrogen-bond acceptors (Lipinski definition) is 6. The molecule has 2 saturated heterocycles.